The van der Waals surface area contributed by atoms with E-state index in [2.05, 4.69) is 16.0 Å². The number of piperazine rings is 1. The first kappa shape index (κ1) is 16.2. The van der Waals surface area contributed by atoms with Gasteiger partial charge in [0.1, 0.15) is 17.9 Å². The maximum Gasteiger partial charge on any atom is 0.319 e. The molecule has 0 radical (unpaired) electrons. The molecule has 3 N–H and O–H groups in total. The van der Waals surface area contributed by atoms with Crippen molar-refractivity contribution in [1.29, 1.82) is 0 Å². The minimum absolute atomic E-state index is 0.148. The normalized spacial score (nSPS) is 26.0. The van der Waals surface area contributed by atoms with Crippen LogP contribution in [0.4, 0.5) is 14.9 Å². The maximum atomic E-state index is 13.3. The van der Waals surface area contributed by atoms with Gasteiger partial charge in [-0.15, -0.1) is 0 Å². The minimum atomic E-state index is -0.546. The van der Waals surface area contributed by atoms with Crippen molar-refractivity contribution >= 4 is 23.5 Å². The number of hydrogen-bond acceptors (Lipinski definition) is 3. The van der Waals surface area contributed by atoms with Crippen molar-refractivity contribution in [3.63, 3.8) is 0 Å². The molecule has 0 aliphatic carbocycles. The SMILES string of the molecule is Cc1ccc(F)cc1NC(=O)N[C@H]1C[C@H]2C(=O)N[C@@H](C)C(=O)N2C1. The number of amides is 4. The fraction of sp³-hybridized carbons (Fsp3) is 0.438. The van der Waals surface area contributed by atoms with Crippen molar-refractivity contribution in [2.45, 2.75) is 38.4 Å². The number of nitrogens with one attached hydrogen (secondary N) is 3. The van der Waals surface area contributed by atoms with Gasteiger partial charge in [-0.1, -0.05) is 6.07 Å². The van der Waals surface area contributed by atoms with Gasteiger partial charge in [-0.2, -0.15) is 0 Å². The van der Waals surface area contributed by atoms with Crippen LogP contribution in [0.25, 0.3) is 0 Å². The number of rotatable bonds is 2. The molecule has 3 atom stereocenters. The number of fused-ring (bicyclic) bond motifs is 1. The van der Waals surface area contributed by atoms with Crippen LogP contribution in [0.1, 0.15) is 18.9 Å². The number of nitrogens with zero attached hydrogens (tertiary/aromatic N) is 1. The van der Waals surface area contributed by atoms with Crippen molar-refractivity contribution in [3.8, 4) is 0 Å². The van der Waals surface area contributed by atoms with E-state index in [1.54, 1.807) is 19.9 Å². The first-order chi connectivity index (χ1) is 11.3. The first-order valence-corrected chi connectivity index (χ1v) is 7.79. The lowest BCUT2D eigenvalue weighted by Crippen LogP contribution is -2.60. The molecule has 7 nitrogen and oxygen atoms in total. The molecule has 24 heavy (non-hydrogen) atoms. The molecule has 0 saturated carbocycles. The smallest absolute Gasteiger partial charge is 0.319 e. The third kappa shape index (κ3) is 3.04. The van der Waals surface area contributed by atoms with Gasteiger partial charge >= 0.3 is 6.03 Å². The molecule has 2 aliphatic rings. The fourth-order valence-electron chi connectivity index (χ4n) is 3.13. The molecule has 0 aromatic heterocycles. The minimum Gasteiger partial charge on any atom is -0.343 e. The topological polar surface area (TPSA) is 90.5 Å². The second-order valence-electron chi connectivity index (χ2n) is 6.23. The highest BCUT2D eigenvalue weighted by molar-refractivity contribution is 5.97. The van der Waals surface area contributed by atoms with Crippen LogP contribution in [-0.4, -0.2) is 47.4 Å². The van der Waals surface area contributed by atoms with Gasteiger partial charge in [0, 0.05) is 12.2 Å². The molecule has 0 spiro atoms. The summed E-state index contributed by atoms with van der Waals surface area (Å²) in [6, 6.07) is 2.22. The molecule has 2 saturated heterocycles. The van der Waals surface area contributed by atoms with Crippen molar-refractivity contribution in [3.05, 3.63) is 29.6 Å². The zero-order valence-electron chi connectivity index (χ0n) is 13.4. The highest BCUT2D eigenvalue weighted by Crippen LogP contribution is 2.23. The summed E-state index contributed by atoms with van der Waals surface area (Å²) >= 11 is 0. The third-order valence-electron chi connectivity index (χ3n) is 4.40. The number of aryl methyl sites for hydroxylation is 1. The standard InChI is InChI=1S/C16H19FN4O3/c1-8-3-4-10(17)5-12(8)20-16(24)19-11-6-13-14(22)18-9(2)15(23)21(13)7-11/h3-5,9,11,13H,6-7H2,1-2H3,(H,18,22)(H2,19,20,24)/t9-,11-,13-/m0/s1. The Kier molecular flexibility index (Phi) is 4.13. The Morgan fingerprint density at radius 2 is 2.12 bits per heavy atom. The van der Waals surface area contributed by atoms with Crippen molar-refractivity contribution in [2.24, 2.45) is 0 Å². The van der Waals surface area contributed by atoms with Gasteiger partial charge in [0.15, 0.2) is 0 Å². The highest BCUT2D eigenvalue weighted by Gasteiger charge is 2.45. The van der Waals surface area contributed by atoms with Crippen LogP contribution < -0.4 is 16.0 Å². The van der Waals surface area contributed by atoms with Crippen LogP contribution in [0.5, 0.6) is 0 Å². The highest BCUT2D eigenvalue weighted by atomic mass is 19.1. The van der Waals surface area contributed by atoms with Gasteiger partial charge in [0.2, 0.25) is 11.8 Å². The lowest BCUT2D eigenvalue weighted by Gasteiger charge is -2.32. The summed E-state index contributed by atoms with van der Waals surface area (Å²) in [5.41, 5.74) is 1.12. The van der Waals surface area contributed by atoms with E-state index in [-0.39, 0.29) is 24.4 Å². The summed E-state index contributed by atoms with van der Waals surface area (Å²) in [7, 11) is 0. The molecule has 2 fully saturated rings. The molecule has 8 heteroatoms. The second-order valence-corrected chi connectivity index (χ2v) is 6.23. The second kappa shape index (κ2) is 6.10. The lowest BCUT2D eigenvalue weighted by atomic mass is 10.1. The Hall–Kier alpha value is -2.64. The molecule has 1 aromatic rings. The van der Waals surface area contributed by atoms with E-state index in [1.165, 1.54) is 17.0 Å². The zero-order valence-corrected chi connectivity index (χ0v) is 13.4. The Labute approximate surface area is 138 Å². The maximum absolute atomic E-state index is 13.3. The molecular weight excluding hydrogens is 315 g/mol. The average molecular weight is 334 g/mol. The van der Waals surface area contributed by atoms with Gasteiger partial charge in [0.25, 0.3) is 0 Å². The van der Waals surface area contributed by atoms with Crippen LogP contribution in [0.15, 0.2) is 18.2 Å². The molecule has 1 aromatic carbocycles. The summed E-state index contributed by atoms with van der Waals surface area (Å²) in [6.07, 6.45) is 0.361. The molecule has 0 bridgehead atoms. The Bertz CT molecular complexity index is 709. The largest absolute Gasteiger partial charge is 0.343 e. The number of hydrogen-bond donors (Lipinski definition) is 3. The number of halogens is 1. The van der Waals surface area contributed by atoms with Gasteiger partial charge in [-0.25, -0.2) is 9.18 Å². The van der Waals surface area contributed by atoms with E-state index in [9.17, 15) is 18.8 Å². The van der Waals surface area contributed by atoms with E-state index in [4.69, 9.17) is 0 Å². The summed E-state index contributed by atoms with van der Waals surface area (Å²) in [5, 5.41) is 7.96. The Morgan fingerprint density at radius 3 is 2.88 bits per heavy atom. The van der Waals surface area contributed by atoms with Crippen LogP contribution in [0, 0.1) is 12.7 Å². The van der Waals surface area contributed by atoms with Crippen molar-refractivity contribution in [2.75, 3.05) is 11.9 Å². The predicted molar refractivity (Wildman–Crippen MR) is 84.8 cm³/mol. The molecule has 2 aliphatic heterocycles. The molecule has 0 unspecified atom stereocenters. The number of benzene rings is 1. The summed E-state index contributed by atoms with van der Waals surface area (Å²) in [5.74, 6) is -0.789. The fourth-order valence-corrected chi connectivity index (χ4v) is 3.13. The number of carbonyl (C=O) groups excluding carboxylic acids is 3. The van der Waals surface area contributed by atoms with Crippen LogP contribution >= 0.6 is 0 Å². The summed E-state index contributed by atoms with van der Waals surface area (Å²) in [4.78, 5) is 37.7. The molecular formula is C16H19FN4O3. The van der Waals surface area contributed by atoms with Crippen LogP contribution in [0.2, 0.25) is 0 Å². The zero-order chi connectivity index (χ0) is 17.4. The lowest BCUT2D eigenvalue weighted by molar-refractivity contribution is -0.146. The van der Waals surface area contributed by atoms with E-state index in [0.29, 0.717) is 12.1 Å². The Balaban J connectivity index is 1.63. The van der Waals surface area contributed by atoms with E-state index in [0.717, 1.165) is 5.56 Å². The predicted octanol–water partition coefficient (Wildman–Crippen LogP) is 0.743. The molecule has 128 valence electrons. The number of anilines is 1. The van der Waals surface area contributed by atoms with Crippen LogP contribution in [-0.2, 0) is 9.59 Å². The number of carbonyl (C=O) groups is 3. The van der Waals surface area contributed by atoms with Gasteiger partial charge in [-0.3, -0.25) is 9.59 Å². The van der Waals surface area contributed by atoms with Crippen LogP contribution in [0.3, 0.4) is 0 Å². The van der Waals surface area contributed by atoms with Gasteiger partial charge in [-0.05, 0) is 38.0 Å². The summed E-state index contributed by atoms with van der Waals surface area (Å²) < 4.78 is 13.3. The van der Waals surface area contributed by atoms with Gasteiger partial charge < -0.3 is 20.9 Å². The monoisotopic (exact) mass is 334 g/mol. The first-order valence-electron chi connectivity index (χ1n) is 7.79. The van der Waals surface area contributed by atoms with E-state index in [1.807, 2.05) is 0 Å². The van der Waals surface area contributed by atoms with Crippen molar-refractivity contribution in [1.82, 2.24) is 15.5 Å². The third-order valence-corrected chi connectivity index (χ3v) is 4.40. The average Bonchev–Trinajstić information content (AvgIpc) is 2.93. The van der Waals surface area contributed by atoms with E-state index >= 15 is 0 Å². The molecule has 2 heterocycles. The number of urea groups is 1. The Morgan fingerprint density at radius 1 is 1.38 bits per heavy atom. The summed E-state index contributed by atoms with van der Waals surface area (Å²) in [6.45, 7) is 3.68. The van der Waals surface area contributed by atoms with Gasteiger partial charge in [0.05, 0.1) is 6.04 Å². The molecule has 4 amide bonds. The quantitative estimate of drug-likeness (QED) is 0.745. The van der Waals surface area contributed by atoms with Crippen molar-refractivity contribution < 1.29 is 18.8 Å². The molecule has 3 rings (SSSR count). The van der Waals surface area contributed by atoms with E-state index < -0.39 is 23.9 Å².